The van der Waals surface area contributed by atoms with Crippen molar-refractivity contribution in [2.24, 2.45) is 23.7 Å². The third kappa shape index (κ3) is 10.5. The minimum absolute atomic E-state index is 0.0447. The number of hydrogen-bond acceptors (Lipinski definition) is 4. The number of carbonyl (C=O) groups excluding carboxylic acids is 1. The number of aromatic nitrogens is 2. The molecule has 2 saturated carbocycles. The number of carbonyl (C=O) groups is 1. The van der Waals surface area contributed by atoms with Crippen molar-refractivity contribution in [2.75, 3.05) is 0 Å². The fourth-order valence-corrected chi connectivity index (χ4v) is 7.25. The highest BCUT2D eigenvalue weighted by Crippen LogP contribution is 2.42. The normalized spacial score (nSPS) is 22.9. The molecule has 0 atom stereocenters. The lowest BCUT2D eigenvalue weighted by molar-refractivity contribution is -0.140. The molecule has 0 amide bonds. The summed E-state index contributed by atoms with van der Waals surface area (Å²) in [7, 11) is 0. The Hall–Kier alpha value is -2.23. The Morgan fingerprint density at radius 2 is 1.27 bits per heavy atom. The summed E-state index contributed by atoms with van der Waals surface area (Å²) in [5.74, 6) is 4.01. The fraction of sp³-hybridized carbons (Fsp3) is 0.703. The molecule has 4 nitrogen and oxygen atoms in total. The smallest absolute Gasteiger partial charge is 0.314 e. The molecule has 0 N–H and O–H groups in total. The maximum Gasteiger partial charge on any atom is 0.314 e. The van der Waals surface area contributed by atoms with Gasteiger partial charge in [-0.15, -0.1) is 0 Å². The van der Waals surface area contributed by atoms with Gasteiger partial charge >= 0.3 is 5.97 Å². The molecule has 0 unspecified atom stereocenters. The Kier molecular flexibility index (Phi) is 13.7. The number of benzene rings is 1. The van der Waals surface area contributed by atoms with Crippen LogP contribution in [0.3, 0.4) is 0 Å². The molecule has 4 heteroatoms. The van der Waals surface area contributed by atoms with Gasteiger partial charge in [0.1, 0.15) is 5.75 Å². The SMILES string of the molecule is CCCCCCCc1cnc(-c2ccc(OC(=O)[C@H]3CC[C@H]([C@H]4CC[C@H](CCCCCCC)CC4)CC3)cc2)nc1. The van der Waals surface area contributed by atoms with E-state index in [1.165, 1.54) is 115 Å². The van der Waals surface area contributed by atoms with Gasteiger partial charge in [-0.05, 0) is 98.9 Å². The van der Waals surface area contributed by atoms with E-state index in [9.17, 15) is 4.79 Å². The van der Waals surface area contributed by atoms with Gasteiger partial charge in [-0.2, -0.15) is 0 Å². The van der Waals surface area contributed by atoms with Crippen LogP contribution >= 0.6 is 0 Å². The van der Waals surface area contributed by atoms with Gasteiger partial charge < -0.3 is 4.74 Å². The molecule has 0 radical (unpaired) electrons. The standard InChI is InChI=1S/C37H56N2O2/c1-3-5-7-9-11-13-29-15-17-31(18-16-29)32-19-21-34(22-20-32)37(40)41-35-25-23-33(24-26-35)36-38-27-30(28-39-36)14-12-10-8-6-4-2/h23-29,31-32,34H,3-22H2,1-2H3/t29-,31-,32-,34-. The molecule has 2 fully saturated rings. The molecule has 1 aromatic heterocycles. The van der Waals surface area contributed by atoms with Gasteiger partial charge in [0.25, 0.3) is 0 Å². The number of hydrogen-bond donors (Lipinski definition) is 0. The first-order valence-corrected chi connectivity index (χ1v) is 17.3. The molecular formula is C37H56N2O2. The summed E-state index contributed by atoms with van der Waals surface area (Å²) in [6, 6.07) is 7.68. The summed E-state index contributed by atoms with van der Waals surface area (Å²) in [5.41, 5.74) is 2.15. The fourth-order valence-electron chi connectivity index (χ4n) is 7.25. The Morgan fingerprint density at radius 3 is 1.88 bits per heavy atom. The molecule has 1 heterocycles. The molecule has 4 rings (SSSR count). The van der Waals surface area contributed by atoms with Crippen molar-refractivity contribution < 1.29 is 9.53 Å². The summed E-state index contributed by atoms with van der Waals surface area (Å²) in [5, 5.41) is 0. The van der Waals surface area contributed by atoms with Crippen LogP contribution in [0.1, 0.15) is 141 Å². The van der Waals surface area contributed by atoms with Crippen molar-refractivity contribution in [3.63, 3.8) is 0 Å². The monoisotopic (exact) mass is 560 g/mol. The molecule has 41 heavy (non-hydrogen) atoms. The Morgan fingerprint density at radius 1 is 0.707 bits per heavy atom. The highest BCUT2D eigenvalue weighted by atomic mass is 16.5. The van der Waals surface area contributed by atoms with Gasteiger partial charge in [-0.3, -0.25) is 4.79 Å². The van der Waals surface area contributed by atoms with E-state index in [-0.39, 0.29) is 11.9 Å². The van der Waals surface area contributed by atoms with Gasteiger partial charge in [0.2, 0.25) is 0 Å². The number of aryl methyl sites for hydroxylation is 1. The number of rotatable bonds is 16. The predicted molar refractivity (Wildman–Crippen MR) is 170 cm³/mol. The molecule has 0 saturated heterocycles. The van der Waals surface area contributed by atoms with Crippen LogP contribution in [0.15, 0.2) is 36.7 Å². The van der Waals surface area contributed by atoms with Crippen molar-refractivity contribution in [3.05, 3.63) is 42.2 Å². The molecule has 2 aliphatic rings. The summed E-state index contributed by atoms with van der Waals surface area (Å²) in [6.07, 6.45) is 29.9. The second-order valence-corrected chi connectivity index (χ2v) is 13.1. The van der Waals surface area contributed by atoms with Gasteiger partial charge in [-0.25, -0.2) is 9.97 Å². The number of esters is 1. The van der Waals surface area contributed by atoms with Crippen LogP contribution in [0.25, 0.3) is 11.4 Å². The minimum Gasteiger partial charge on any atom is -0.426 e. The molecule has 0 bridgehead atoms. The quantitative estimate of drug-likeness (QED) is 0.116. The van der Waals surface area contributed by atoms with Crippen molar-refractivity contribution >= 4 is 5.97 Å². The largest absolute Gasteiger partial charge is 0.426 e. The van der Waals surface area contributed by atoms with E-state index in [1.807, 2.05) is 36.7 Å². The van der Waals surface area contributed by atoms with Gasteiger partial charge in [0, 0.05) is 18.0 Å². The van der Waals surface area contributed by atoms with Crippen LogP contribution in [0.5, 0.6) is 5.75 Å². The van der Waals surface area contributed by atoms with Gasteiger partial charge in [-0.1, -0.05) is 90.9 Å². The van der Waals surface area contributed by atoms with E-state index in [0.29, 0.717) is 5.75 Å². The topological polar surface area (TPSA) is 52.1 Å². The lowest BCUT2D eigenvalue weighted by Crippen LogP contribution is -2.30. The van der Waals surface area contributed by atoms with E-state index in [4.69, 9.17) is 4.74 Å². The van der Waals surface area contributed by atoms with Crippen molar-refractivity contribution in [2.45, 2.75) is 142 Å². The first-order valence-electron chi connectivity index (χ1n) is 17.3. The number of ether oxygens (including phenoxy) is 1. The van der Waals surface area contributed by atoms with Crippen LogP contribution in [0.2, 0.25) is 0 Å². The maximum absolute atomic E-state index is 12.9. The first-order chi connectivity index (χ1) is 20.2. The lowest BCUT2D eigenvalue weighted by atomic mass is 9.68. The molecule has 0 spiro atoms. The Bertz CT molecular complexity index is 987. The maximum atomic E-state index is 12.9. The molecule has 226 valence electrons. The van der Waals surface area contributed by atoms with Crippen LogP contribution in [0.4, 0.5) is 0 Å². The molecule has 0 aliphatic heterocycles. The van der Waals surface area contributed by atoms with Gasteiger partial charge in [0.05, 0.1) is 5.92 Å². The Balaban J connectivity index is 1.14. The second kappa shape index (κ2) is 17.7. The summed E-state index contributed by atoms with van der Waals surface area (Å²) < 4.78 is 5.81. The number of unbranched alkanes of at least 4 members (excludes halogenated alkanes) is 8. The van der Waals surface area contributed by atoms with Crippen molar-refractivity contribution in [3.8, 4) is 17.1 Å². The summed E-state index contributed by atoms with van der Waals surface area (Å²) >= 11 is 0. The zero-order valence-electron chi connectivity index (χ0n) is 26.1. The summed E-state index contributed by atoms with van der Waals surface area (Å²) in [4.78, 5) is 22.1. The molecule has 2 aromatic rings. The van der Waals surface area contributed by atoms with Crippen molar-refractivity contribution in [1.29, 1.82) is 0 Å². The van der Waals surface area contributed by atoms with Crippen LogP contribution < -0.4 is 4.74 Å². The van der Waals surface area contributed by atoms with E-state index < -0.39 is 0 Å². The van der Waals surface area contributed by atoms with E-state index in [2.05, 4.69) is 23.8 Å². The third-order valence-electron chi connectivity index (χ3n) is 9.98. The summed E-state index contributed by atoms with van der Waals surface area (Å²) in [6.45, 7) is 4.54. The minimum atomic E-state index is -0.0532. The third-order valence-corrected chi connectivity index (χ3v) is 9.98. The molecule has 2 aliphatic carbocycles. The zero-order chi connectivity index (χ0) is 28.7. The van der Waals surface area contributed by atoms with Crippen molar-refractivity contribution in [1.82, 2.24) is 9.97 Å². The predicted octanol–water partition coefficient (Wildman–Crippen LogP) is 10.5. The van der Waals surface area contributed by atoms with E-state index in [0.717, 1.165) is 48.4 Å². The lowest BCUT2D eigenvalue weighted by Gasteiger charge is -2.37. The Labute approximate surface area is 250 Å². The highest BCUT2D eigenvalue weighted by molar-refractivity contribution is 5.75. The van der Waals surface area contributed by atoms with Crippen LogP contribution in [-0.2, 0) is 11.2 Å². The second-order valence-electron chi connectivity index (χ2n) is 13.1. The van der Waals surface area contributed by atoms with Crippen LogP contribution in [-0.4, -0.2) is 15.9 Å². The number of nitrogens with zero attached hydrogens (tertiary/aromatic N) is 2. The average Bonchev–Trinajstić information content (AvgIpc) is 3.02. The van der Waals surface area contributed by atoms with Crippen LogP contribution in [0, 0.1) is 23.7 Å². The first kappa shape index (κ1) is 31.7. The molecular weight excluding hydrogens is 504 g/mol. The van der Waals surface area contributed by atoms with E-state index >= 15 is 0 Å². The zero-order valence-corrected chi connectivity index (χ0v) is 26.1. The van der Waals surface area contributed by atoms with Gasteiger partial charge in [0.15, 0.2) is 5.82 Å². The highest BCUT2D eigenvalue weighted by Gasteiger charge is 2.33. The average molecular weight is 561 g/mol. The van der Waals surface area contributed by atoms with E-state index in [1.54, 1.807) is 0 Å². The molecule has 1 aromatic carbocycles.